The maximum atomic E-state index is 11.5. The van der Waals surface area contributed by atoms with Crippen LogP contribution in [0, 0.1) is 5.92 Å². The van der Waals surface area contributed by atoms with Crippen molar-refractivity contribution in [2.45, 2.75) is 39.2 Å². The van der Waals surface area contributed by atoms with Crippen molar-refractivity contribution in [1.29, 1.82) is 0 Å². The van der Waals surface area contributed by atoms with Crippen molar-refractivity contribution < 1.29 is 19.4 Å². The highest BCUT2D eigenvalue weighted by Crippen LogP contribution is 2.18. The molecule has 1 unspecified atom stereocenters. The van der Waals surface area contributed by atoms with Gasteiger partial charge < -0.3 is 14.7 Å². The van der Waals surface area contributed by atoms with Gasteiger partial charge >= 0.3 is 12.1 Å². The van der Waals surface area contributed by atoms with Gasteiger partial charge in [-0.25, -0.2) is 4.79 Å². The van der Waals surface area contributed by atoms with Crippen LogP contribution in [0.15, 0.2) is 0 Å². The molecule has 1 N–H and O–H groups in total. The second-order valence-corrected chi connectivity index (χ2v) is 4.53. The molecule has 5 heteroatoms. The first kappa shape index (κ1) is 12.8. The molecule has 0 spiro atoms. The van der Waals surface area contributed by atoms with E-state index in [1.165, 1.54) is 0 Å². The van der Waals surface area contributed by atoms with Gasteiger partial charge in [-0.2, -0.15) is 0 Å². The van der Waals surface area contributed by atoms with E-state index in [0.29, 0.717) is 25.5 Å². The second kappa shape index (κ2) is 5.72. The summed E-state index contributed by atoms with van der Waals surface area (Å²) in [5, 5.41) is 8.77. The Labute approximate surface area is 95.4 Å². The van der Waals surface area contributed by atoms with E-state index in [4.69, 9.17) is 9.84 Å². The van der Waals surface area contributed by atoms with Gasteiger partial charge in [0.05, 0.1) is 13.0 Å². The number of amides is 1. The van der Waals surface area contributed by atoms with E-state index >= 15 is 0 Å². The van der Waals surface area contributed by atoms with Gasteiger partial charge in [0.15, 0.2) is 0 Å². The van der Waals surface area contributed by atoms with Gasteiger partial charge in [-0.3, -0.25) is 4.79 Å². The van der Waals surface area contributed by atoms with Crippen molar-refractivity contribution in [1.82, 2.24) is 4.90 Å². The molecule has 0 saturated carbocycles. The Balaban J connectivity index is 2.56. The number of rotatable bonds is 5. The van der Waals surface area contributed by atoms with Crippen LogP contribution >= 0.6 is 0 Å². The number of hydrogen-bond acceptors (Lipinski definition) is 3. The third-order valence-electron chi connectivity index (χ3n) is 2.71. The van der Waals surface area contributed by atoms with Crippen LogP contribution in [0.4, 0.5) is 4.79 Å². The van der Waals surface area contributed by atoms with Crippen LogP contribution in [0.2, 0.25) is 0 Å². The zero-order valence-corrected chi connectivity index (χ0v) is 9.81. The Hall–Kier alpha value is -1.26. The van der Waals surface area contributed by atoms with Crippen LogP contribution in [-0.2, 0) is 9.53 Å². The van der Waals surface area contributed by atoms with Crippen LogP contribution in [0.25, 0.3) is 0 Å². The molecule has 1 aliphatic rings. The minimum absolute atomic E-state index is 0.00714. The smallest absolute Gasteiger partial charge is 0.410 e. The third-order valence-corrected chi connectivity index (χ3v) is 2.71. The molecular formula is C11H19NO4. The predicted octanol–water partition coefficient (Wildman–Crippen LogP) is 1.72. The van der Waals surface area contributed by atoms with Gasteiger partial charge in [0.1, 0.15) is 0 Å². The van der Waals surface area contributed by atoms with E-state index in [9.17, 15) is 9.59 Å². The van der Waals surface area contributed by atoms with E-state index in [-0.39, 0.29) is 18.6 Å². The first-order chi connectivity index (χ1) is 7.50. The minimum Gasteiger partial charge on any atom is -0.481 e. The quantitative estimate of drug-likeness (QED) is 0.779. The Morgan fingerprint density at radius 1 is 1.62 bits per heavy atom. The number of aliphatic carboxylic acids is 1. The van der Waals surface area contributed by atoms with Crippen molar-refractivity contribution in [3.8, 4) is 0 Å². The Morgan fingerprint density at radius 3 is 2.88 bits per heavy atom. The van der Waals surface area contributed by atoms with Gasteiger partial charge in [0, 0.05) is 19.0 Å². The number of carbonyl (C=O) groups excluding carboxylic acids is 1. The molecule has 1 fully saturated rings. The highest BCUT2D eigenvalue weighted by atomic mass is 16.6. The number of cyclic esters (lactones) is 1. The largest absolute Gasteiger partial charge is 0.481 e. The number of carbonyl (C=O) groups is 2. The van der Waals surface area contributed by atoms with Crippen LogP contribution < -0.4 is 0 Å². The lowest BCUT2D eigenvalue weighted by Crippen LogP contribution is -2.47. The van der Waals surface area contributed by atoms with Crippen molar-refractivity contribution in [3.05, 3.63) is 0 Å². The Morgan fingerprint density at radius 2 is 2.31 bits per heavy atom. The average Bonchev–Trinajstić information content (AvgIpc) is 2.15. The lowest BCUT2D eigenvalue weighted by atomic mass is 10.1. The lowest BCUT2D eigenvalue weighted by Gasteiger charge is -2.34. The fraction of sp³-hybridized carbons (Fsp3) is 0.818. The van der Waals surface area contributed by atoms with E-state index in [0.717, 1.165) is 6.42 Å². The number of ether oxygens (including phenoxy) is 1. The molecule has 1 heterocycles. The normalized spacial score (nSPS) is 21.1. The van der Waals surface area contributed by atoms with Gasteiger partial charge in [0.25, 0.3) is 0 Å². The molecular weight excluding hydrogens is 210 g/mol. The summed E-state index contributed by atoms with van der Waals surface area (Å²) in [7, 11) is 0. The molecule has 1 saturated heterocycles. The second-order valence-electron chi connectivity index (χ2n) is 4.53. The number of carboxylic acids is 1. The molecule has 1 aliphatic heterocycles. The van der Waals surface area contributed by atoms with E-state index in [1.807, 2.05) is 0 Å². The van der Waals surface area contributed by atoms with E-state index in [2.05, 4.69) is 13.8 Å². The summed E-state index contributed by atoms with van der Waals surface area (Å²) in [6, 6.07) is -0.211. The zero-order chi connectivity index (χ0) is 12.1. The summed E-state index contributed by atoms with van der Waals surface area (Å²) in [5.74, 6) is -0.380. The van der Waals surface area contributed by atoms with Crippen LogP contribution in [0.5, 0.6) is 0 Å². The summed E-state index contributed by atoms with van der Waals surface area (Å²) >= 11 is 0. The molecule has 0 aromatic heterocycles. The fourth-order valence-corrected chi connectivity index (χ4v) is 1.76. The zero-order valence-electron chi connectivity index (χ0n) is 9.81. The van der Waals surface area contributed by atoms with Crippen molar-refractivity contribution in [2.75, 3.05) is 13.2 Å². The predicted molar refractivity (Wildman–Crippen MR) is 58.2 cm³/mol. The molecule has 1 amide bonds. The van der Waals surface area contributed by atoms with Crippen LogP contribution in [0.1, 0.15) is 33.1 Å². The number of carboxylic acid groups (broad SMARTS) is 1. The summed E-state index contributed by atoms with van der Waals surface area (Å²) in [5.41, 5.74) is 0. The molecule has 0 aromatic carbocycles. The lowest BCUT2D eigenvalue weighted by molar-refractivity contribution is -0.138. The third kappa shape index (κ3) is 3.72. The fourth-order valence-electron chi connectivity index (χ4n) is 1.76. The van der Waals surface area contributed by atoms with Crippen molar-refractivity contribution in [3.63, 3.8) is 0 Å². The maximum Gasteiger partial charge on any atom is 0.410 e. The number of nitrogens with zero attached hydrogens (tertiary/aromatic N) is 1. The minimum atomic E-state index is -0.866. The molecule has 0 radical (unpaired) electrons. The standard InChI is InChI=1S/C11H19NO4/c1-8(2)3-5-12-9(7-10(13)14)4-6-16-11(12)15/h8-9H,3-7H2,1-2H3,(H,13,14). The summed E-state index contributed by atoms with van der Waals surface area (Å²) in [6.45, 7) is 5.05. The summed E-state index contributed by atoms with van der Waals surface area (Å²) in [6.07, 6.45) is 1.10. The monoisotopic (exact) mass is 229 g/mol. The first-order valence-electron chi connectivity index (χ1n) is 5.66. The van der Waals surface area contributed by atoms with Gasteiger partial charge in [-0.1, -0.05) is 13.8 Å². The topological polar surface area (TPSA) is 66.8 Å². The van der Waals surface area contributed by atoms with Gasteiger partial charge in [0.2, 0.25) is 0 Å². The molecule has 0 aliphatic carbocycles. The summed E-state index contributed by atoms with van der Waals surface area (Å²) < 4.78 is 4.93. The molecule has 1 atom stereocenters. The Bertz CT molecular complexity index is 265. The van der Waals surface area contributed by atoms with Gasteiger partial charge in [-0.05, 0) is 12.3 Å². The van der Waals surface area contributed by atoms with E-state index in [1.54, 1.807) is 4.90 Å². The molecule has 0 bridgehead atoms. The van der Waals surface area contributed by atoms with Crippen molar-refractivity contribution in [2.24, 2.45) is 5.92 Å². The molecule has 16 heavy (non-hydrogen) atoms. The molecule has 5 nitrogen and oxygen atoms in total. The molecule has 0 aromatic rings. The molecule has 1 rings (SSSR count). The van der Waals surface area contributed by atoms with Crippen LogP contribution in [-0.4, -0.2) is 41.3 Å². The van der Waals surface area contributed by atoms with Crippen LogP contribution in [0.3, 0.4) is 0 Å². The SMILES string of the molecule is CC(C)CCN1C(=O)OCCC1CC(=O)O. The maximum absolute atomic E-state index is 11.5. The number of hydrogen-bond donors (Lipinski definition) is 1. The molecule has 92 valence electrons. The first-order valence-corrected chi connectivity index (χ1v) is 5.66. The van der Waals surface area contributed by atoms with Crippen molar-refractivity contribution >= 4 is 12.1 Å². The van der Waals surface area contributed by atoms with Gasteiger partial charge in [-0.15, -0.1) is 0 Å². The highest BCUT2D eigenvalue weighted by molar-refractivity contribution is 5.72. The highest BCUT2D eigenvalue weighted by Gasteiger charge is 2.30. The average molecular weight is 229 g/mol. The Kier molecular flexibility index (Phi) is 4.58. The summed E-state index contributed by atoms with van der Waals surface area (Å²) in [4.78, 5) is 23.7. The van der Waals surface area contributed by atoms with E-state index < -0.39 is 5.97 Å².